The van der Waals surface area contributed by atoms with E-state index in [-0.39, 0.29) is 11.9 Å². The zero-order valence-corrected chi connectivity index (χ0v) is 17.7. The summed E-state index contributed by atoms with van der Waals surface area (Å²) in [4.78, 5) is 12.5. The van der Waals surface area contributed by atoms with E-state index in [2.05, 4.69) is 52.4 Å². The number of fused-ring (bicyclic) bond motifs is 1. The summed E-state index contributed by atoms with van der Waals surface area (Å²) in [5.74, 6) is 0.865. The maximum Gasteiger partial charge on any atom is 0.223 e. The van der Waals surface area contributed by atoms with Gasteiger partial charge in [0.2, 0.25) is 5.91 Å². The van der Waals surface area contributed by atoms with E-state index in [0.29, 0.717) is 13.0 Å². The molecule has 0 bridgehead atoms. The van der Waals surface area contributed by atoms with Crippen molar-refractivity contribution in [1.82, 2.24) is 15.1 Å². The summed E-state index contributed by atoms with van der Waals surface area (Å²) in [5.41, 5.74) is 5.93. The molecule has 5 heteroatoms. The topological polar surface area (TPSA) is 56.1 Å². The zero-order chi connectivity index (χ0) is 20.9. The molecule has 30 heavy (non-hydrogen) atoms. The summed E-state index contributed by atoms with van der Waals surface area (Å²) in [5, 5.41) is 7.80. The van der Waals surface area contributed by atoms with Gasteiger partial charge in [0.1, 0.15) is 5.75 Å². The predicted molar refractivity (Wildman–Crippen MR) is 118 cm³/mol. The molecule has 1 aliphatic carbocycles. The minimum Gasteiger partial charge on any atom is -0.493 e. The number of ether oxygens (including phenoxy) is 1. The first-order valence-electron chi connectivity index (χ1n) is 10.7. The Labute approximate surface area is 178 Å². The van der Waals surface area contributed by atoms with E-state index >= 15 is 0 Å². The Morgan fingerprint density at radius 1 is 1.20 bits per heavy atom. The van der Waals surface area contributed by atoms with Crippen molar-refractivity contribution >= 4 is 5.91 Å². The van der Waals surface area contributed by atoms with E-state index < -0.39 is 0 Å². The third-order valence-corrected chi connectivity index (χ3v) is 5.69. The Balaban J connectivity index is 1.34. The lowest BCUT2D eigenvalue weighted by Crippen LogP contribution is -2.31. The van der Waals surface area contributed by atoms with Crippen LogP contribution in [0.25, 0.3) is 0 Å². The molecular weight excluding hydrogens is 374 g/mol. The van der Waals surface area contributed by atoms with E-state index in [1.165, 1.54) is 16.8 Å². The first-order chi connectivity index (χ1) is 14.6. The lowest BCUT2D eigenvalue weighted by molar-refractivity contribution is -0.122. The SMILES string of the molecule is Cc1ccc(OCCC(=O)N[C@@H]2CCCc3c2cnn3Cc2ccccc2)c(C)c1. The summed E-state index contributed by atoms with van der Waals surface area (Å²) in [6.07, 6.45) is 5.28. The molecule has 1 heterocycles. The number of hydrogen-bond donors (Lipinski definition) is 1. The van der Waals surface area contributed by atoms with Gasteiger partial charge in [0.15, 0.2) is 0 Å². The molecular formula is C25H29N3O2. The standard InChI is InChI=1S/C25H29N3O2/c1-18-11-12-24(19(2)15-18)30-14-13-25(29)27-22-9-6-10-23-21(22)16-26-28(23)17-20-7-4-3-5-8-20/h3-5,7-8,11-12,15-16,22H,6,9-10,13-14,17H2,1-2H3,(H,27,29)/t22-/m1/s1. The summed E-state index contributed by atoms with van der Waals surface area (Å²) >= 11 is 0. The summed E-state index contributed by atoms with van der Waals surface area (Å²) in [6.45, 7) is 5.23. The number of nitrogens with one attached hydrogen (secondary N) is 1. The van der Waals surface area contributed by atoms with Gasteiger partial charge in [-0.1, -0.05) is 48.0 Å². The first kappa shape index (κ1) is 20.2. The number of rotatable bonds is 7. The Morgan fingerprint density at radius 2 is 2.03 bits per heavy atom. The average Bonchev–Trinajstić information content (AvgIpc) is 3.14. The molecule has 156 valence electrons. The highest BCUT2D eigenvalue weighted by Crippen LogP contribution is 2.30. The second kappa shape index (κ2) is 9.16. The van der Waals surface area contributed by atoms with Gasteiger partial charge in [0, 0.05) is 11.3 Å². The molecule has 5 nitrogen and oxygen atoms in total. The highest BCUT2D eigenvalue weighted by Gasteiger charge is 2.25. The number of amides is 1. The van der Waals surface area contributed by atoms with Gasteiger partial charge < -0.3 is 10.1 Å². The lowest BCUT2D eigenvalue weighted by Gasteiger charge is -2.24. The minimum atomic E-state index is 0.0217. The van der Waals surface area contributed by atoms with Crippen LogP contribution in [-0.2, 0) is 17.8 Å². The van der Waals surface area contributed by atoms with Crippen LogP contribution in [0.2, 0.25) is 0 Å². The van der Waals surface area contributed by atoms with Crippen molar-refractivity contribution in [3.63, 3.8) is 0 Å². The van der Waals surface area contributed by atoms with E-state index in [0.717, 1.165) is 42.7 Å². The van der Waals surface area contributed by atoms with E-state index in [4.69, 9.17) is 4.74 Å². The Bertz CT molecular complexity index is 1010. The monoisotopic (exact) mass is 403 g/mol. The largest absolute Gasteiger partial charge is 0.493 e. The predicted octanol–water partition coefficient (Wildman–Crippen LogP) is 4.51. The third kappa shape index (κ3) is 4.73. The molecule has 0 spiro atoms. The molecule has 0 saturated heterocycles. The molecule has 0 unspecified atom stereocenters. The van der Waals surface area contributed by atoms with Gasteiger partial charge in [-0.2, -0.15) is 5.10 Å². The molecule has 0 radical (unpaired) electrons. The van der Waals surface area contributed by atoms with Crippen molar-refractivity contribution in [2.45, 2.75) is 52.1 Å². The van der Waals surface area contributed by atoms with Gasteiger partial charge in [0.05, 0.1) is 31.8 Å². The van der Waals surface area contributed by atoms with Crippen LogP contribution in [0.1, 0.15) is 53.3 Å². The van der Waals surface area contributed by atoms with E-state index in [9.17, 15) is 4.79 Å². The number of carbonyl (C=O) groups is 1. The van der Waals surface area contributed by atoms with Gasteiger partial charge in [0.25, 0.3) is 0 Å². The first-order valence-corrected chi connectivity index (χ1v) is 10.7. The number of benzene rings is 2. The molecule has 1 aromatic heterocycles. The number of hydrogen-bond acceptors (Lipinski definition) is 3. The van der Waals surface area contributed by atoms with Crippen LogP contribution in [0.15, 0.2) is 54.7 Å². The van der Waals surface area contributed by atoms with Gasteiger partial charge >= 0.3 is 0 Å². The van der Waals surface area contributed by atoms with Gasteiger partial charge in [-0.15, -0.1) is 0 Å². The fourth-order valence-corrected chi connectivity index (χ4v) is 4.14. The van der Waals surface area contributed by atoms with Crippen molar-refractivity contribution in [3.8, 4) is 5.75 Å². The molecule has 4 rings (SSSR count). The molecule has 0 aliphatic heterocycles. The molecule has 0 saturated carbocycles. The normalized spacial score (nSPS) is 15.5. The molecule has 1 N–H and O–H groups in total. The number of aromatic nitrogens is 2. The quantitative estimate of drug-likeness (QED) is 0.631. The van der Waals surface area contributed by atoms with Crippen molar-refractivity contribution in [2.24, 2.45) is 0 Å². The molecule has 3 aromatic rings. The van der Waals surface area contributed by atoms with Gasteiger partial charge in [-0.25, -0.2) is 0 Å². The van der Waals surface area contributed by atoms with Crippen LogP contribution in [-0.4, -0.2) is 22.3 Å². The van der Waals surface area contributed by atoms with Crippen LogP contribution in [0.5, 0.6) is 5.75 Å². The molecule has 1 amide bonds. The number of carbonyl (C=O) groups excluding carboxylic acids is 1. The lowest BCUT2D eigenvalue weighted by atomic mass is 9.92. The Kier molecular flexibility index (Phi) is 6.17. The second-order valence-electron chi connectivity index (χ2n) is 8.07. The van der Waals surface area contributed by atoms with Crippen LogP contribution in [0.4, 0.5) is 0 Å². The maximum atomic E-state index is 12.5. The molecule has 0 fully saturated rings. The summed E-state index contributed by atoms with van der Waals surface area (Å²) in [6, 6.07) is 16.5. The maximum absolute atomic E-state index is 12.5. The van der Waals surface area contributed by atoms with E-state index in [1.807, 2.05) is 31.3 Å². The second-order valence-corrected chi connectivity index (χ2v) is 8.07. The minimum absolute atomic E-state index is 0.0217. The van der Waals surface area contributed by atoms with Crippen molar-refractivity contribution in [3.05, 3.63) is 82.7 Å². The fraction of sp³-hybridized carbons (Fsp3) is 0.360. The number of aryl methyl sites for hydroxylation is 2. The molecule has 1 aliphatic rings. The average molecular weight is 404 g/mol. The van der Waals surface area contributed by atoms with Crippen molar-refractivity contribution < 1.29 is 9.53 Å². The zero-order valence-electron chi connectivity index (χ0n) is 17.7. The highest BCUT2D eigenvalue weighted by molar-refractivity contribution is 5.76. The van der Waals surface area contributed by atoms with Crippen LogP contribution in [0, 0.1) is 13.8 Å². The highest BCUT2D eigenvalue weighted by atomic mass is 16.5. The Hall–Kier alpha value is -3.08. The van der Waals surface area contributed by atoms with Crippen molar-refractivity contribution in [2.75, 3.05) is 6.61 Å². The van der Waals surface area contributed by atoms with Crippen LogP contribution < -0.4 is 10.1 Å². The molecule has 1 atom stereocenters. The Morgan fingerprint density at radius 3 is 2.83 bits per heavy atom. The summed E-state index contributed by atoms with van der Waals surface area (Å²) in [7, 11) is 0. The van der Waals surface area contributed by atoms with Crippen LogP contribution in [0.3, 0.4) is 0 Å². The van der Waals surface area contributed by atoms with Gasteiger partial charge in [-0.3, -0.25) is 9.48 Å². The third-order valence-electron chi connectivity index (χ3n) is 5.69. The smallest absolute Gasteiger partial charge is 0.223 e. The molecule has 2 aromatic carbocycles. The van der Waals surface area contributed by atoms with E-state index in [1.54, 1.807) is 0 Å². The van der Waals surface area contributed by atoms with Crippen LogP contribution >= 0.6 is 0 Å². The summed E-state index contributed by atoms with van der Waals surface area (Å²) < 4.78 is 7.89. The number of nitrogens with zero attached hydrogens (tertiary/aromatic N) is 2. The van der Waals surface area contributed by atoms with Crippen molar-refractivity contribution in [1.29, 1.82) is 0 Å². The fourth-order valence-electron chi connectivity index (χ4n) is 4.14. The van der Waals surface area contributed by atoms with Gasteiger partial charge in [-0.05, 0) is 50.3 Å².